The Morgan fingerprint density at radius 2 is 1.90 bits per heavy atom. The third-order valence-electron chi connectivity index (χ3n) is 2.86. The molecule has 20 heavy (non-hydrogen) atoms. The van der Waals surface area contributed by atoms with Crippen molar-refractivity contribution in [1.82, 2.24) is 0 Å². The highest BCUT2D eigenvalue weighted by molar-refractivity contribution is 6.11. The highest BCUT2D eigenvalue weighted by Gasteiger charge is 2.19. The molecule has 0 atom stereocenters. The number of carbonyl (C=O) groups excluding carboxylic acids is 1. The van der Waals surface area contributed by atoms with Gasteiger partial charge in [-0.3, -0.25) is 4.79 Å². The third kappa shape index (κ3) is 2.74. The molecule has 4 nitrogen and oxygen atoms in total. The highest BCUT2D eigenvalue weighted by Crippen LogP contribution is 2.36. The van der Waals surface area contributed by atoms with Crippen molar-refractivity contribution in [3.05, 3.63) is 53.6 Å². The lowest BCUT2D eigenvalue weighted by Crippen LogP contribution is -2.04. The molecule has 0 heterocycles. The van der Waals surface area contributed by atoms with E-state index in [1.54, 1.807) is 37.3 Å². The number of phenolic OH excluding ortho intramolecular Hbond substituents is 1. The van der Waals surface area contributed by atoms with E-state index in [4.69, 9.17) is 9.47 Å². The fourth-order valence-corrected chi connectivity index (χ4v) is 1.88. The van der Waals surface area contributed by atoms with Gasteiger partial charge in [0.25, 0.3) is 0 Å². The Bertz CT molecular complexity index is 605. The van der Waals surface area contributed by atoms with Gasteiger partial charge in [0.1, 0.15) is 5.75 Å². The average Bonchev–Trinajstić information content (AvgIpc) is 2.49. The summed E-state index contributed by atoms with van der Waals surface area (Å²) >= 11 is 0. The molecule has 0 fully saturated rings. The number of phenols is 1. The van der Waals surface area contributed by atoms with E-state index >= 15 is 0 Å². The Morgan fingerprint density at radius 1 is 1.20 bits per heavy atom. The number of methoxy groups -OCH3 is 1. The minimum Gasteiger partial charge on any atom is -0.504 e. The van der Waals surface area contributed by atoms with Gasteiger partial charge in [0.15, 0.2) is 17.3 Å². The Balaban J connectivity index is 2.50. The summed E-state index contributed by atoms with van der Waals surface area (Å²) in [7, 11) is 1.50. The molecule has 2 aromatic carbocycles. The fourth-order valence-electron chi connectivity index (χ4n) is 1.88. The Labute approximate surface area is 117 Å². The smallest absolute Gasteiger partial charge is 0.197 e. The van der Waals surface area contributed by atoms with Gasteiger partial charge >= 0.3 is 0 Å². The van der Waals surface area contributed by atoms with Crippen molar-refractivity contribution in [3.63, 3.8) is 0 Å². The molecule has 0 saturated carbocycles. The van der Waals surface area contributed by atoms with Crippen molar-refractivity contribution in [2.75, 3.05) is 13.7 Å². The lowest BCUT2D eigenvalue weighted by molar-refractivity contribution is 0.103. The summed E-state index contributed by atoms with van der Waals surface area (Å²) in [5.41, 5.74) is 0.664. The summed E-state index contributed by atoms with van der Waals surface area (Å²) in [5, 5.41) is 10.2. The Kier molecular flexibility index (Phi) is 4.25. The number of ether oxygens (including phenoxy) is 2. The van der Waals surface area contributed by atoms with E-state index in [0.717, 1.165) is 0 Å². The normalized spacial score (nSPS) is 10.1. The predicted molar refractivity (Wildman–Crippen MR) is 75.7 cm³/mol. The predicted octanol–water partition coefficient (Wildman–Crippen LogP) is 3.03. The number of hydrogen-bond donors (Lipinski definition) is 1. The van der Waals surface area contributed by atoms with E-state index in [1.807, 2.05) is 6.07 Å². The van der Waals surface area contributed by atoms with E-state index in [1.165, 1.54) is 13.2 Å². The SMILES string of the molecule is CCOc1cc(OC)cc(C(=O)c2ccccc2)c1O. The molecular formula is C16H16O4. The monoisotopic (exact) mass is 272 g/mol. The molecule has 2 aromatic rings. The van der Waals surface area contributed by atoms with Crippen LogP contribution in [0.25, 0.3) is 0 Å². The van der Waals surface area contributed by atoms with Crippen LogP contribution in [0.15, 0.2) is 42.5 Å². The number of hydrogen-bond acceptors (Lipinski definition) is 4. The van der Waals surface area contributed by atoms with Gasteiger partial charge < -0.3 is 14.6 Å². The minimum absolute atomic E-state index is 0.165. The summed E-state index contributed by atoms with van der Waals surface area (Å²) in [5.74, 6) is 0.265. The number of aromatic hydroxyl groups is 1. The van der Waals surface area contributed by atoms with Crippen LogP contribution in [0.3, 0.4) is 0 Å². The standard InChI is InChI=1S/C16H16O4/c1-3-20-14-10-12(19-2)9-13(16(14)18)15(17)11-7-5-4-6-8-11/h4-10,18H,3H2,1-2H3. The zero-order valence-corrected chi connectivity index (χ0v) is 11.4. The van der Waals surface area contributed by atoms with Crippen LogP contribution in [0, 0.1) is 0 Å². The molecule has 0 aliphatic carbocycles. The summed E-state index contributed by atoms with van der Waals surface area (Å²) in [6, 6.07) is 11.8. The van der Waals surface area contributed by atoms with E-state index in [9.17, 15) is 9.90 Å². The van der Waals surface area contributed by atoms with Crippen molar-refractivity contribution < 1.29 is 19.4 Å². The lowest BCUT2D eigenvalue weighted by atomic mass is 10.0. The molecule has 0 aromatic heterocycles. The first-order valence-corrected chi connectivity index (χ1v) is 6.31. The summed E-state index contributed by atoms with van der Waals surface area (Å²) in [6.07, 6.45) is 0. The molecular weight excluding hydrogens is 256 g/mol. The molecule has 0 amide bonds. The second-order valence-corrected chi connectivity index (χ2v) is 4.15. The van der Waals surface area contributed by atoms with Crippen molar-refractivity contribution in [1.29, 1.82) is 0 Å². The van der Waals surface area contributed by atoms with Gasteiger partial charge in [0.2, 0.25) is 0 Å². The zero-order valence-electron chi connectivity index (χ0n) is 11.4. The highest BCUT2D eigenvalue weighted by atomic mass is 16.5. The molecule has 0 bridgehead atoms. The van der Waals surface area contributed by atoms with Crippen LogP contribution < -0.4 is 9.47 Å². The van der Waals surface area contributed by atoms with Crippen LogP contribution >= 0.6 is 0 Å². The van der Waals surface area contributed by atoms with Crippen molar-refractivity contribution >= 4 is 5.78 Å². The summed E-state index contributed by atoms with van der Waals surface area (Å²) < 4.78 is 10.5. The van der Waals surface area contributed by atoms with Crippen LogP contribution in [0.1, 0.15) is 22.8 Å². The fraction of sp³-hybridized carbons (Fsp3) is 0.188. The molecule has 104 valence electrons. The number of carbonyl (C=O) groups is 1. The maximum Gasteiger partial charge on any atom is 0.197 e. The molecule has 0 spiro atoms. The van der Waals surface area contributed by atoms with Gasteiger partial charge in [-0.2, -0.15) is 0 Å². The van der Waals surface area contributed by atoms with Gasteiger partial charge in [-0.1, -0.05) is 30.3 Å². The van der Waals surface area contributed by atoms with Crippen molar-refractivity contribution in [3.8, 4) is 17.2 Å². The van der Waals surface area contributed by atoms with Gasteiger partial charge in [-0.05, 0) is 13.0 Å². The molecule has 1 N–H and O–H groups in total. The first-order valence-electron chi connectivity index (χ1n) is 6.31. The largest absolute Gasteiger partial charge is 0.504 e. The number of rotatable bonds is 5. The summed E-state index contributed by atoms with van der Waals surface area (Å²) in [6.45, 7) is 2.19. The average molecular weight is 272 g/mol. The van der Waals surface area contributed by atoms with Crippen LogP contribution in [-0.2, 0) is 0 Å². The maximum absolute atomic E-state index is 12.4. The molecule has 0 aliphatic rings. The first-order chi connectivity index (χ1) is 9.67. The quantitative estimate of drug-likeness (QED) is 0.850. The topological polar surface area (TPSA) is 55.8 Å². The molecule has 0 saturated heterocycles. The van der Waals surface area contributed by atoms with E-state index < -0.39 is 0 Å². The Morgan fingerprint density at radius 3 is 2.50 bits per heavy atom. The maximum atomic E-state index is 12.4. The van der Waals surface area contributed by atoms with Gasteiger partial charge in [0, 0.05) is 11.6 Å². The summed E-state index contributed by atoms with van der Waals surface area (Å²) in [4.78, 5) is 12.4. The first kappa shape index (κ1) is 13.9. The number of benzene rings is 2. The van der Waals surface area contributed by atoms with Crippen LogP contribution in [0.4, 0.5) is 0 Å². The van der Waals surface area contributed by atoms with Gasteiger partial charge in [0.05, 0.1) is 19.3 Å². The lowest BCUT2D eigenvalue weighted by Gasteiger charge is -2.12. The van der Waals surface area contributed by atoms with Crippen LogP contribution in [0.5, 0.6) is 17.2 Å². The molecule has 2 rings (SSSR count). The van der Waals surface area contributed by atoms with Gasteiger partial charge in [-0.25, -0.2) is 0 Å². The van der Waals surface area contributed by atoms with E-state index in [0.29, 0.717) is 17.9 Å². The molecule has 0 unspecified atom stereocenters. The molecule has 4 heteroatoms. The van der Waals surface area contributed by atoms with E-state index in [-0.39, 0.29) is 22.8 Å². The van der Waals surface area contributed by atoms with Crippen LogP contribution in [-0.4, -0.2) is 24.6 Å². The van der Waals surface area contributed by atoms with Crippen molar-refractivity contribution in [2.24, 2.45) is 0 Å². The van der Waals surface area contributed by atoms with Crippen LogP contribution in [0.2, 0.25) is 0 Å². The van der Waals surface area contributed by atoms with E-state index in [2.05, 4.69) is 0 Å². The zero-order chi connectivity index (χ0) is 14.5. The number of ketones is 1. The molecule has 0 aliphatic heterocycles. The third-order valence-corrected chi connectivity index (χ3v) is 2.86. The second-order valence-electron chi connectivity index (χ2n) is 4.15. The second kappa shape index (κ2) is 6.10. The molecule has 0 radical (unpaired) electrons. The van der Waals surface area contributed by atoms with Gasteiger partial charge in [-0.15, -0.1) is 0 Å². The minimum atomic E-state index is -0.275. The Hall–Kier alpha value is -2.49. The van der Waals surface area contributed by atoms with Crippen molar-refractivity contribution in [2.45, 2.75) is 6.92 Å².